The van der Waals surface area contributed by atoms with Crippen LogP contribution in [-0.2, 0) is 10.2 Å². The third kappa shape index (κ3) is 2.97. The fraction of sp³-hybridized carbons (Fsp3) is 0.211. The number of hydrogen-bond acceptors (Lipinski definition) is 1. The zero-order valence-corrected chi connectivity index (χ0v) is 14.2. The first-order chi connectivity index (χ1) is 10.9. The predicted octanol–water partition coefficient (Wildman–Crippen LogP) is 5.05. The van der Waals surface area contributed by atoms with Crippen LogP contribution < -0.4 is 5.32 Å². The second-order valence-corrected chi connectivity index (χ2v) is 6.77. The largest absolute Gasteiger partial charge is 0.361 e. The summed E-state index contributed by atoms with van der Waals surface area (Å²) in [5.74, 6) is -0.0535. The highest BCUT2D eigenvalue weighted by Crippen LogP contribution is 2.33. The normalized spacial score (nSPS) is 11.7. The SMILES string of the molecule is Cc1ccc(NC(=O)C(C)(C)c2c[nH]c3ccc(Cl)cc23)cc1. The van der Waals surface area contributed by atoms with Crippen molar-refractivity contribution in [3.63, 3.8) is 0 Å². The Bertz CT molecular complexity index is 863. The van der Waals surface area contributed by atoms with E-state index in [4.69, 9.17) is 11.6 Å². The molecule has 23 heavy (non-hydrogen) atoms. The van der Waals surface area contributed by atoms with Crippen LogP contribution in [-0.4, -0.2) is 10.9 Å². The lowest BCUT2D eigenvalue weighted by Gasteiger charge is -2.23. The number of halogens is 1. The van der Waals surface area contributed by atoms with Crippen molar-refractivity contribution in [1.82, 2.24) is 4.98 Å². The van der Waals surface area contributed by atoms with Crippen molar-refractivity contribution >= 4 is 34.1 Å². The molecule has 0 aliphatic rings. The van der Waals surface area contributed by atoms with Gasteiger partial charge in [0, 0.05) is 27.8 Å². The van der Waals surface area contributed by atoms with E-state index in [9.17, 15) is 4.79 Å². The van der Waals surface area contributed by atoms with Crippen LogP contribution in [0.1, 0.15) is 25.0 Å². The molecule has 0 fully saturated rings. The molecule has 0 atom stereocenters. The third-order valence-electron chi connectivity index (χ3n) is 4.19. The smallest absolute Gasteiger partial charge is 0.234 e. The van der Waals surface area contributed by atoms with Gasteiger partial charge < -0.3 is 10.3 Å². The average molecular weight is 327 g/mol. The first-order valence-corrected chi connectivity index (χ1v) is 7.91. The zero-order chi connectivity index (χ0) is 16.6. The Morgan fingerprint density at radius 2 is 1.83 bits per heavy atom. The van der Waals surface area contributed by atoms with Crippen molar-refractivity contribution in [2.45, 2.75) is 26.2 Å². The molecule has 0 unspecified atom stereocenters. The highest BCUT2D eigenvalue weighted by Gasteiger charge is 2.32. The number of carbonyl (C=O) groups excluding carboxylic acids is 1. The van der Waals surface area contributed by atoms with Gasteiger partial charge in [0.25, 0.3) is 0 Å². The zero-order valence-electron chi connectivity index (χ0n) is 13.4. The lowest BCUT2D eigenvalue weighted by Crippen LogP contribution is -2.34. The first kappa shape index (κ1) is 15.6. The number of carbonyl (C=O) groups is 1. The minimum Gasteiger partial charge on any atom is -0.361 e. The molecule has 0 radical (unpaired) electrons. The molecule has 4 heteroatoms. The van der Waals surface area contributed by atoms with Gasteiger partial charge in [0.05, 0.1) is 5.41 Å². The van der Waals surface area contributed by atoms with Gasteiger partial charge in [-0.3, -0.25) is 4.79 Å². The van der Waals surface area contributed by atoms with E-state index in [1.165, 1.54) is 0 Å². The summed E-state index contributed by atoms with van der Waals surface area (Å²) < 4.78 is 0. The topological polar surface area (TPSA) is 44.9 Å². The van der Waals surface area contributed by atoms with Crippen LogP contribution in [0.5, 0.6) is 0 Å². The number of aryl methyl sites for hydroxylation is 1. The summed E-state index contributed by atoms with van der Waals surface area (Å²) in [6.07, 6.45) is 1.88. The van der Waals surface area contributed by atoms with Gasteiger partial charge in [0.2, 0.25) is 5.91 Å². The summed E-state index contributed by atoms with van der Waals surface area (Å²) in [7, 11) is 0. The number of hydrogen-bond donors (Lipinski definition) is 2. The van der Waals surface area contributed by atoms with Gasteiger partial charge in [-0.15, -0.1) is 0 Å². The summed E-state index contributed by atoms with van der Waals surface area (Å²) in [5.41, 5.74) is 3.17. The van der Waals surface area contributed by atoms with Crippen LogP contribution in [0.2, 0.25) is 5.02 Å². The average Bonchev–Trinajstić information content (AvgIpc) is 2.93. The minimum atomic E-state index is -0.687. The highest BCUT2D eigenvalue weighted by atomic mass is 35.5. The molecule has 1 aromatic heterocycles. The number of fused-ring (bicyclic) bond motifs is 1. The monoisotopic (exact) mass is 326 g/mol. The number of benzene rings is 2. The Balaban J connectivity index is 1.94. The summed E-state index contributed by atoms with van der Waals surface area (Å²) in [4.78, 5) is 16.0. The van der Waals surface area contributed by atoms with E-state index in [2.05, 4.69) is 10.3 Å². The van der Waals surface area contributed by atoms with Crippen LogP contribution in [0.3, 0.4) is 0 Å². The second-order valence-electron chi connectivity index (χ2n) is 6.34. The van der Waals surface area contributed by atoms with Crippen molar-refractivity contribution in [3.05, 3.63) is 64.8 Å². The number of aromatic amines is 1. The van der Waals surface area contributed by atoms with Crippen molar-refractivity contribution < 1.29 is 4.79 Å². The van der Waals surface area contributed by atoms with Crippen molar-refractivity contribution in [3.8, 4) is 0 Å². The Morgan fingerprint density at radius 3 is 2.52 bits per heavy atom. The molecule has 0 aliphatic heterocycles. The van der Waals surface area contributed by atoms with Crippen LogP contribution in [0.15, 0.2) is 48.7 Å². The van der Waals surface area contributed by atoms with Gasteiger partial charge in [-0.2, -0.15) is 0 Å². The molecular formula is C19H19ClN2O. The molecule has 2 aromatic carbocycles. The van der Waals surface area contributed by atoms with Crippen molar-refractivity contribution in [1.29, 1.82) is 0 Å². The lowest BCUT2D eigenvalue weighted by atomic mass is 9.83. The Morgan fingerprint density at radius 1 is 1.13 bits per heavy atom. The quantitative estimate of drug-likeness (QED) is 0.695. The maximum atomic E-state index is 12.8. The third-order valence-corrected chi connectivity index (χ3v) is 4.43. The van der Waals surface area contributed by atoms with Crippen molar-refractivity contribution in [2.75, 3.05) is 5.32 Å². The Labute approximate surface area is 140 Å². The summed E-state index contributed by atoms with van der Waals surface area (Å²) in [6.45, 7) is 5.85. The van der Waals surface area contributed by atoms with Crippen LogP contribution in [0.25, 0.3) is 10.9 Å². The molecule has 118 valence electrons. The Kier molecular flexibility index (Phi) is 3.90. The van der Waals surface area contributed by atoms with Crippen LogP contribution >= 0.6 is 11.6 Å². The van der Waals surface area contributed by atoms with E-state index in [0.29, 0.717) is 5.02 Å². The highest BCUT2D eigenvalue weighted by molar-refractivity contribution is 6.31. The molecule has 0 saturated carbocycles. The first-order valence-electron chi connectivity index (χ1n) is 7.53. The number of rotatable bonds is 3. The number of nitrogens with one attached hydrogen (secondary N) is 2. The van der Waals surface area contributed by atoms with Gasteiger partial charge in [0.15, 0.2) is 0 Å². The summed E-state index contributed by atoms with van der Waals surface area (Å²) in [5, 5.41) is 4.63. The van der Waals surface area contributed by atoms with Gasteiger partial charge >= 0.3 is 0 Å². The van der Waals surface area contributed by atoms with Gasteiger partial charge in [-0.05, 0) is 56.7 Å². The second kappa shape index (κ2) is 5.74. The van der Waals surface area contributed by atoms with E-state index in [1.807, 2.05) is 69.4 Å². The minimum absolute atomic E-state index is 0.0535. The number of H-pyrrole nitrogens is 1. The number of amides is 1. The molecule has 1 heterocycles. The molecule has 0 spiro atoms. The molecule has 2 N–H and O–H groups in total. The Hall–Kier alpha value is -2.26. The van der Waals surface area contributed by atoms with Gasteiger partial charge in [-0.1, -0.05) is 29.3 Å². The van der Waals surface area contributed by atoms with E-state index in [0.717, 1.165) is 27.7 Å². The molecule has 0 bridgehead atoms. The van der Waals surface area contributed by atoms with Gasteiger partial charge in [-0.25, -0.2) is 0 Å². The predicted molar refractivity (Wildman–Crippen MR) is 96.1 cm³/mol. The maximum Gasteiger partial charge on any atom is 0.234 e. The molecular weight excluding hydrogens is 308 g/mol. The van der Waals surface area contributed by atoms with E-state index in [1.54, 1.807) is 0 Å². The standard InChI is InChI=1S/C19H19ClN2O/c1-12-4-7-14(8-5-12)22-18(23)19(2,3)16-11-21-17-9-6-13(20)10-15(16)17/h4-11,21H,1-3H3,(H,22,23). The number of anilines is 1. The summed E-state index contributed by atoms with van der Waals surface area (Å²) >= 11 is 6.11. The van der Waals surface area contributed by atoms with Gasteiger partial charge in [0.1, 0.15) is 0 Å². The maximum absolute atomic E-state index is 12.8. The number of aromatic nitrogens is 1. The van der Waals surface area contributed by atoms with Crippen molar-refractivity contribution in [2.24, 2.45) is 0 Å². The fourth-order valence-corrected chi connectivity index (χ4v) is 2.83. The van der Waals surface area contributed by atoms with Crippen LogP contribution in [0, 0.1) is 6.92 Å². The lowest BCUT2D eigenvalue weighted by molar-refractivity contribution is -0.120. The van der Waals surface area contributed by atoms with Crippen LogP contribution in [0.4, 0.5) is 5.69 Å². The van der Waals surface area contributed by atoms with E-state index >= 15 is 0 Å². The molecule has 3 rings (SSSR count). The molecule has 3 nitrogen and oxygen atoms in total. The summed E-state index contributed by atoms with van der Waals surface area (Å²) in [6, 6.07) is 13.4. The molecule has 0 saturated heterocycles. The fourth-order valence-electron chi connectivity index (χ4n) is 2.66. The van der Waals surface area contributed by atoms with E-state index < -0.39 is 5.41 Å². The van der Waals surface area contributed by atoms with E-state index in [-0.39, 0.29) is 5.91 Å². The molecule has 3 aromatic rings. The molecule has 1 amide bonds. The molecule has 0 aliphatic carbocycles.